The van der Waals surface area contributed by atoms with E-state index in [1.165, 1.54) is 14.2 Å². The summed E-state index contributed by atoms with van der Waals surface area (Å²) < 4.78 is 11.0. The first-order valence-electron chi connectivity index (χ1n) is 7.66. The molecule has 0 aliphatic carbocycles. The summed E-state index contributed by atoms with van der Waals surface area (Å²) in [4.78, 5) is 16.7. The number of methoxy groups -OCH3 is 2. The van der Waals surface area contributed by atoms with Gasteiger partial charge in [-0.05, 0) is 29.7 Å². The van der Waals surface area contributed by atoms with Crippen LogP contribution in [0.1, 0.15) is 21.3 Å². The van der Waals surface area contributed by atoms with E-state index in [1.54, 1.807) is 23.5 Å². The van der Waals surface area contributed by atoms with Crippen molar-refractivity contribution in [1.82, 2.24) is 4.98 Å². The van der Waals surface area contributed by atoms with Gasteiger partial charge in [-0.15, -0.1) is 11.3 Å². The van der Waals surface area contributed by atoms with Crippen molar-refractivity contribution < 1.29 is 19.4 Å². The Morgan fingerprint density at radius 2 is 2.08 bits per heavy atom. The summed E-state index contributed by atoms with van der Waals surface area (Å²) in [6.45, 7) is 0.292. The Labute approximate surface area is 149 Å². The minimum atomic E-state index is -0.662. The van der Waals surface area contributed by atoms with Gasteiger partial charge in [-0.3, -0.25) is 0 Å². The second-order valence-electron chi connectivity index (χ2n) is 5.33. The Morgan fingerprint density at radius 1 is 1.28 bits per heavy atom. The minimum Gasteiger partial charge on any atom is -0.480 e. The normalized spacial score (nSPS) is 12.0. The van der Waals surface area contributed by atoms with Crippen LogP contribution in [-0.2, 0) is 4.74 Å². The van der Waals surface area contributed by atoms with Crippen molar-refractivity contribution in [3.8, 4) is 5.88 Å². The summed E-state index contributed by atoms with van der Waals surface area (Å²) in [5, 5.41) is 14.6. The van der Waals surface area contributed by atoms with E-state index in [0.717, 1.165) is 15.0 Å². The third-order valence-corrected chi connectivity index (χ3v) is 4.93. The van der Waals surface area contributed by atoms with E-state index in [9.17, 15) is 9.90 Å². The number of anilines is 1. The van der Waals surface area contributed by atoms with Crippen LogP contribution in [0.2, 0.25) is 0 Å². The topological polar surface area (TPSA) is 80.7 Å². The highest BCUT2D eigenvalue weighted by atomic mass is 32.1. The molecule has 0 amide bonds. The van der Waals surface area contributed by atoms with E-state index in [2.05, 4.69) is 15.0 Å². The fourth-order valence-electron chi connectivity index (χ4n) is 2.43. The molecule has 7 heteroatoms. The lowest BCUT2D eigenvalue weighted by Crippen LogP contribution is -2.13. The molecular weight excluding hydrogens is 340 g/mol. The Kier molecular flexibility index (Phi) is 5.16. The standard InChI is InChI=1S/C18H18N2O4S/c1-23-17-12(18(22)24-2)7-8-16(20-17)19-10-13(21)15-9-11-5-3-4-6-14(11)25-15/h3-9,13,21H,10H2,1-2H3,(H,19,20). The molecule has 1 unspecified atom stereocenters. The van der Waals surface area contributed by atoms with E-state index in [-0.39, 0.29) is 11.4 Å². The summed E-state index contributed by atoms with van der Waals surface area (Å²) in [6, 6.07) is 13.2. The highest BCUT2D eigenvalue weighted by Crippen LogP contribution is 2.30. The van der Waals surface area contributed by atoms with Gasteiger partial charge >= 0.3 is 5.97 Å². The number of nitrogens with zero attached hydrogens (tertiary/aromatic N) is 1. The summed E-state index contributed by atoms with van der Waals surface area (Å²) in [5.41, 5.74) is 0.251. The van der Waals surface area contributed by atoms with Gasteiger partial charge in [0.15, 0.2) is 0 Å². The quantitative estimate of drug-likeness (QED) is 0.659. The van der Waals surface area contributed by atoms with Crippen LogP contribution in [-0.4, -0.2) is 36.8 Å². The lowest BCUT2D eigenvalue weighted by molar-refractivity contribution is 0.0596. The van der Waals surface area contributed by atoms with Gasteiger partial charge in [-0.25, -0.2) is 4.79 Å². The van der Waals surface area contributed by atoms with E-state index in [1.807, 2.05) is 30.3 Å². The molecule has 25 heavy (non-hydrogen) atoms. The van der Waals surface area contributed by atoms with E-state index < -0.39 is 12.1 Å². The molecule has 3 aromatic rings. The maximum absolute atomic E-state index is 11.6. The number of hydrogen-bond acceptors (Lipinski definition) is 7. The van der Waals surface area contributed by atoms with Crippen molar-refractivity contribution in [1.29, 1.82) is 0 Å². The second kappa shape index (κ2) is 7.50. The Hall–Kier alpha value is -2.64. The number of aromatic nitrogens is 1. The van der Waals surface area contributed by atoms with E-state index >= 15 is 0 Å². The summed E-state index contributed by atoms with van der Waals surface area (Å²) >= 11 is 1.56. The SMILES string of the molecule is COC(=O)c1ccc(NCC(O)c2cc3ccccc3s2)nc1OC. The van der Waals surface area contributed by atoms with E-state index in [4.69, 9.17) is 4.74 Å². The first kappa shape index (κ1) is 17.2. The highest BCUT2D eigenvalue weighted by molar-refractivity contribution is 7.19. The highest BCUT2D eigenvalue weighted by Gasteiger charge is 2.16. The van der Waals surface area contributed by atoms with Crippen LogP contribution >= 0.6 is 11.3 Å². The van der Waals surface area contributed by atoms with Gasteiger partial charge in [0, 0.05) is 16.1 Å². The molecular formula is C18H18N2O4S. The van der Waals surface area contributed by atoms with Crippen LogP contribution in [0, 0.1) is 0 Å². The average Bonchev–Trinajstić information content (AvgIpc) is 3.09. The number of nitrogens with one attached hydrogen (secondary N) is 1. The third kappa shape index (κ3) is 3.72. The van der Waals surface area contributed by atoms with Crippen molar-refractivity contribution in [3.63, 3.8) is 0 Å². The number of esters is 1. The van der Waals surface area contributed by atoms with Crippen molar-refractivity contribution >= 4 is 33.2 Å². The molecule has 0 aliphatic rings. The Morgan fingerprint density at radius 3 is 2.80 bits per heavy atom. The number of rotatable bonds is 6. The Balaban J connectivity index is 1.71. The molecule has 0 bridgehead atoms. The molecule has 0 radical (unpaired) electrons. The Bertz CT molecular complexity index is 861. The van der Waals surface area contributed by atoms with Gasteiger partial charge in [0.05, 0.1) is 14.2 Å². The molecule has 0 saturated carbocycles. The molecule has 6 nitrogen and oxygen atoms in total. The zero-order valence-electron chi connectivity index (χ0n) is 13.9. The number of thiophene rings is 1. The number of ether oxygens (including phenoxy) is 2. The molecule has 130 valence electrons. The van der Waals surface area contributed by atoms with Gasteiger partial charge in [0.25, 0.3) is 0 Å². The molecule has 2 N–H and O–H groups in total. The van der Waals surface area contributed by atoms with Gasteiger partial charge in [-0.1, -0.05) is 18.2 Å². The first-order valence-corrected chi connectivity index (χ1v) is 8.47. The predicted molar refractivity (Wildman–Crippen MR) is 97.4 cm³/mol. The number of aliphatic hydroxyl groups excluding tert-OH is 1. The summed E-state index contributed by atoms with van der Waals surface area (Å²) in [7, 11) is 2.74. The third-order valence-electron chi connectivity index (χ3n) is 3.71. The molecule has 2 heterocycles. The van der Waals surface area contributed by atoms with Gasteiger partial charge < -0.3 is 19.9 Å². The molecule has 1 atom stereocenters. The number of carbonyl (C=O) groups excluding carboxylic acids is 1. The maximum Gasteiger partial charge on any atom is 0.343 e. The zero-order chi connectivity index (χ0) is 17.8. The van der Waals surface area contributed by atoms with E-state index in [0.29, 0.717) is 12.4 Å². The van der Waals surface area contributed by atoms with Crippen LogP contribution in [0.5, 0.6) is 5.88 Å². The van der Waals surface area contributed by atoms with Gasteiger partial charge in [0.1, 0.15) is 17.5 Å². The molecule has 0 spiro atoms. The number of aliphatic hydroxyl groups is 1. The minimum absolute atomic E-state index is 0.174. The zero-order valence-corrected chi connectivity index (χ0v) is 14.7. The smallest absolute Gasteiger partial charge is 0.343 e. The maximum atomic E-state index is 11.6. The van der Waals surface area contributed by atoms with Gasteiger partial charge in [-0.2, -0.15) is 4.98 Å². The predicted octanol–water partition coefficient (Wildman–Crippen LogP) is 3.24. The molecule has 3 rings (SSSR count). The number of benzene rings is 1. The lowest BCUT2D eigenvalue weighted by atomic mass is 10.2. The first-order chi connectivity index (χ1) is 12.1. The molecule has 1 aromatic carbocycles. The summed E-state index contributed by atoms with van der Waals surface area (Å²) in [5.74, 6) is 0.166. The largest absolute Gasteiger partial charge is 0.480 e. The van der Waals surface area contributed by atoms with Crippen LogP contribution in [0.3, 0.4) is 0 Å². The van der Waals surface area contributed by atoms with Crippen LogP contribution < -0.4 is 10.1 Å². The molecule has 2 aromatic heterocycles. The van der Waals surface area contributed by atoms with Crippen molar-refractivity contribution in [2.24, 2.45) is 0 Å². The fourth-order valence-corrected chi connectivity index (χ4v) is 3.48. The number of fused-ring (bicyclic) bond motifs is 1. The summed E-state index contributed by atoms with van der Waals surface area (Å²) in [6.07, 6.45) is -0.662. The van der Waals surface area contributed by atoms with Crippen LogP contribution in [0.4, 0.5) is 5.82 Å². The molecule has 0 fully saturated rings. The monoisotopic (exact) mass is 358 g/mol. The van der Waals surface area contributed by atoms with Crippen LogP contribution in [0.15, 0.2) is 42.5 Å². The van der Waals surface area contributed by atoms with Crippen LogP contribution in [0.25, 0.3) is 10.1 Å². The number of hydrogen-bond donors (Lipinski definition) is 2. The van der Waals surface area contributed by atoms with Crippen molar-refractivity contribution in [3.05, 3.63) is 52.9 Å². The van der Waals surface area contributed by atoms with Gasteiger partial charge in [0.2, 0.25) is 5.88 Å². The fraction of sp³-hybridized carbons (Fsp3) is 0.222. The molecule has 0 saturated heterocycles. The number of carbonyl (C=O) groups is 1. The van der Waals surface area contributed by atoms with Crippen molar-refractivity contribution in [2.45, 2.75) is 6.10 Å². The average molecular weight is 358 g/mol. The second-order valence-corrected chi connectivity index (χ2v) is 6.44. The lowest BCUT2D eigenvalue weighted by Gasteiger charge is -2.12. The number of pyridine rings is 1. The van der Waals surface area contributed by atoms with Crippen molar-refractivity contribution in [2.75, 3.05) is 26.1 Å². The molecule has 0 aliphatic heterocycles.